The Balaban J connectivity index is 1.72. The Kier molecular flexibility index (Phi) is 5.18. The zero-order chi connectivity index (χ0) is 21.3. The summed E-state index contributed by atoms with van der Waals surface area (Å²) in [5.41, 5.74) is 1.54. The number of aromatic nitrogens is 1. The number of hydrogen-bond donors (Lipinski definition) is 1. The molecule has 0 amide bonds. The fraction of sp³-hybridized carbons (Fsp3) is 0.130. The monoisotopic (exact) mass is 408 g/mol. The average Bonchev–Trinajstić information content (AvgIpc) is 2.73. The van der Waals surface area contributed by atoms with Gasteiger partial charge in [-0.3, -0.25) is 0 Å². The molecule has 0 spiro atoms. The van der Waals surface area contributed by atoms with E-state index in [1.54, 1.807) is 44.3 Å². The van der Waals surface area contributed by atoms with E-state index in [9.17, 15) is 13.6 Å². The smallest absolute Gasteiger partial charge is 0.340 e. The van der Waals surface area contributed by atoms with Crippen LogP contribution in [0.4, 0.5) is 14.5 Å². The van der Waals surface area contributed by atoms with Gasteiger partial charge in [0.2, 0.25) is 0 Å². The number of fused-ring (bicyclic) bond motifs is 1. The highest BCUT2D eigenvalue weighted by atomic mass is 19.1. The predicted octanol–water partition coefficient (Wildman–Crippen LogP) is 5.20. The summed E-state index contributed by atoms with van der Waals surface area (Å²) in [6, 6.07) is 12.5. The number of aryl methyl sites for hydroxylation is 1. The normalized spacial score (nSPS) is 10.9. The molecule has 0 fully saturated rings. The number of nitrogens with zero attached hydrogens (tertiary/aromatic N) is 1. The Morgan fingerprint density at radius 2 is 1.97 bits per heavy atom. The summed E-state index contributed by atoms with van der Waals surface area (Å²) in [7, 11) is 1.63. The Bertz CT molecular complexity index is 1300. The Labute approximate surface area is 171 Å². The van der Waals surface area contributed by atoms with Gasteiger partial charge in [-0.15, -0.1) is 0 Å². The number of nitrogens with one attached hydrogen (secondary N) is 1. The van der Waals surface area contributed by atoms with Crippen LogP contribution in [0.1, 0.15) is 16.7 Å². The zero-order valence-electron chi connectivity index (χ0n) is 16.3. The first-order valence-electron chi connectivity index (χ1n) is 9.27. The lowest BCUT2D eigenvalue weighted by Gasteiger charge is -2.11. The first kappa shape index (κ1) is 19.6. The van der Waals surface area contributed by atoms with Crippen molar-refractivity contribution in [3.63, 3.8) is 0 Å². The lowest BCUT2D eigenvalue weighted by atomic mass is 9.99. The van der Waals surface area contributed by atoms with Gasteiger partial charge in [-0.05, 0) is 48.4 Å². The summed E-state index contributed by atoms with van der Waals surface area (Å²) in [5, 5.41) is 3.47. The Hall–Kier alpha value is -3.74. The molecule has 0 aliphatic rings. The number of rotatable bonds is 5. The number of benzene rings is 2. The molecular formula is C23H18F2N2O3. The van der Waals surface area contributed by atoms with Crippen molar-refractivity contribution in [1.29, 1.82) is 0 Å². The van der Waals surface area contributed by atoms with Gasteiger partial charge in [-0.1, -0.05) is 12.1 Å². The molecule has 0 aliphatic heterocycles. The molecule has 5 nitrogen and oxygen atoms in total. The van der Waals surface area contributed by atoms with Gasteiger partial charge in [-0.25, -0.2) is 18.6 Å². The van der Waals surface area contributed by atoms with Crippen molar-refractivity contribution in [3.05, 3.63) is 93.5 Å². The molecule has 1 N–H and O–H groups in total. The van der Waals surface area contributed by atoms with Crippen molar-refractivity contribution >= 4 is 16.7 Å². The van der Waals surface area contributed by atoms with Crippen molar-refractivity contribution in [2.75, 3.05) is 12.4 Å². The maximum atomic E-state index is 14.6. The second-order valence-electron chi connectivity index (χ2n) is 6.75. The van der Waals surface area contributed by atoms with Crippen molar-refractivity contribution in [2.45, 2.75) is 13.3 Å². The van der Waals surface area contributed by atoms with Crippen LogP contribution < -0.4 is 15.7 Å². The highest BCUT2D eigenvalue weighted by molar-refractivity contribution is 5.82. The van der Waals surface area contributed by atoms with E-state index in [0.717, 1.165) is 0 Å². The number of halogens is 2. The van der Waals surface area contributed by atoms with Crippen molar-refractivity contribution < 1.29 is 17.9 Å². The molecular weight excluding hydrogens is 390 g/mol. The van der Waals surface area contributed by atoms with E-state index in [1.807, 2.05) is 0 Å². The Morgan fingerprint density at radius 3 is 2.73 bits per heavy atom. The van der Waals surface area contributed by atoms with Crippen LogP contribution in [0.5, 0.6) is 11.6 Å². The number of hydrogen-bond acceptors (Lipinski definition) is 5. The van der Waals surface area contributed by atoms with Crippen LogP contribution in [0.15, 0.2) is 63.9 Å². The minimum absolute atomic E-state index is 0.100. The first-order valence-corrected chi connectivity index (χ1v) is 9.27. The van der Waals surface area contributed by atoms with Gasteiger partial charge in [0.05, 0.1) is 5.69 Å². The standard InChI is InChI=1S/C23H18F2N2O3/c1-13-16-9-8-15(29-22-18(24)6-4-10-27-22)12-20(16)30-23(28)17(13)11-14-5-3-7-19(26-2)21(14)25/h3-10,12,26H,11H2,1-2H3. The van der Waals surface area contributed by atoms with Gasteiger partial charge in [0.1, 0.15) is 17.1 Å². The summed E-state index contributed by atoms with van der Waals surface area (Å²) in [6.07, 6.45) is 1.51. The van der Waals surface area contributed by atoms with Crippen molar-refractivity contribution in [3.8, 4) is 11.6 Å². The quantitative estimate of drug-likeness (QED) is 0.460. The van der Waals surface area contributed by atoms with Gasteiger partial charge in [-0.2, -0.15) is 0 Å². The second kappa shape index (κ2) is 7.94. The third-order valence-corrected chi connectivity index (χ3v) is 4.91. The minimum atomic E-state index is -0.601. The van der Waals surface area contributed by atoms with E-state index in [4.69, 9.17) is 9.15 Å². The lowest BCUT2D eigenvalue weighted by Crippen LogP contribution is -2.12. The topological polar surface area (TPSA) is 64.4 Å². The van der Waals surface area contributed by atoms with Crippen LogP contribution >= 0.6 is 0 Å². The second-order valence-corrected chi connectivity index (χ2v) is 6.75. The van der Waals surface area contributed by atoms with Crippen LogP contribution in [-0.4, -0.2) is 12.0 Å². The molecule has 152 valence electrons. The number of ether oxygens (including phenoxy) is 1. The predicted molar refractivity (Wildman–Crippen MR) is 110 cm³/mol. The van der Waals surface area contributed by atoms with Crippen LogP contribution in [0.25, 0.3) is 11.0 Å². The molecule has 30 heavy (non-hydrogen) atoms. The van der Waals surface area contributed by atoms with E-state index in [1.165, 1.54) is 24.4 Å². The molecule has 0 saturated heterocycles. The van der Waals surface area contributed by atoms with Gasteiger partial charge in [0, 0.05) is 36.7 Å². The van der Waals surface area contributed by atoms with E-state index < -0.39 is 17.3 Å². The van der Waals surface area contributed by atoms with Crippen molar-refractivity contribution in [1.82, 2.24) is 4.98 Å². The summed E-state index contributed by atoms with van der Waals surface area (Å²) in [6.45, 7) is 1.79. The van der Waals surface area contributed by atoms with Gasteiger partial charge in [0.25, 0.3) is 5.88 Å². The maximum Gasteiger partial charge on any atom is 0.340 e. The van der Waals surface area contributed by atoms with Crippen molar-refractivity contribution in [2.24, 2.45) is 0 Å². The summed E-state index contributed by atoms with van der Waals surface area (Å²) >= 11 is 0. The van der Waals surface area contributed by atoms with E-state index in [-0.39, 0.29) is 18.1 Å². The molecule has 4 rings (SSSR count). The third kappa shape index (κ3) is 3.61. The first-order chi connectivity index (χ1) is 14.5. The molecule has 4 aromatic rings. The summed E-state index contributed by atoms with van der Waals surface area (Å²) < 4.78 is 39.3. The largest absolute Gasteiger partial charge is 0.436 e. The van der Waals surface area contributed by atoms with E-state index in [0.29, 0.717) is 33.3 Å². The Morgan fingerprint density at radius 1 is 1.13 bits per heavy atom. The molecule has 7 heteroatoms. The van der Waals surface area contributed by atoms with Gasteiger partial charge >= 0.3 is 5.63 Å². The molecule has 0 radical (unpaired) electrons. The fourth-order valence-electron chi connectivity index (χ4n) is 3.30. The SMILES string of the molecule is CNc1cccc(Cc2c(C)c3ccc(Oc4ncccc4F)cc3oc2=O)c1F. The average molecular weight is 408 g/mol. The molecule has 0 aliphatic carbocycles. The van der Waals surface area contributed by atoms with Crippen LogP contribution in [0.3, 0.4) is 0 Å². The van der Waals surface area contributed by atoms with Crippen LogP contribution in [0, 0.1) is 18.6 Å². The molecule has 0 saturated carbocycles. The molecule has 0 atom stereocenters. The minimum Gasteiger partial charge on any atom is -0.436 e. The summed E-state index contributed by atoms with van der Waals surface area (Å²) in [4.78, 5) is 16.5. The molecule has 0 bridgehead atoms. The number of pyridine rings is 1. The maximum absolute atomic E-state index is 14.6. The highest BCUT2D eigenvalue weighted by Crippen LogP contribution is 2.29. The van der Waals surface area contributed by atoms with E-state index in [2.05, 4.69) is 10.3 Å². The molecule has 0 unspecified atom stereocenters. The molecule has 2 aromatic carbocycles. The van der Waals surface area contributed by atoms with E-state index >= 15 is 0 Å². The fourth-order valence-corrected chi connectivity index (χ4v) is 3.30. The molecule has 2 aromatic heterocycles. The highest BCUT2D eigenvalue weighted by Gasteiger charge is 2.16. The summed E-state index contributed by atoms with van der Waals surface area (Å²) in [5.74, 6) is -0.896. The zero-order valence-corrected chi connectivity index (χ0v) is 16.3. The molecule has 2 heterocycles. The van der Waals surface area contributed by atoms with Crippen LogP contribution in [0.2, 0.25) is 0 Å². The number of anilines is 1. The van der Waals surface area contributed by atoms with Gasteiger partial charge < -0.3 is 14.5 Å². The van der Waals surface area contributed by atoms with Gasteiger partial charge in [0.15, 0.2) is 5.82 Å². The lowest BCUT2D eigenvalue weighted by molar-refractivity contribution is 0.422. The van der Waals surface area contributed by atoms with Crippen LogP contribution in [-0.2, 0) is 6.42 Å². The third-order valence-electron chi connectivity index (χ3n) is 4.91.